The highest BCUT2D eigenvalue weighted by atomic mass is 28.3. The molecule has 1 fully saturated rings. The second-order valence-electron chi connectivity index (χ2n) is 15.1. The van der Waals surface area contributed by atoms with E-state index in [1.54, 1.807) is 0 Å². The number of rotatable bonds is 11. The van der Waals surface area contributed by atoms with Crippen LogP contribution < -0.4 is 4.74 Å². The molecule has 0 bridgehead atoms. The molecule has 1 unspecified atom stereocenters. The van der Waals surface area contributed by atoms with Crippen molar-refractivity contribution in [2.75, 3.05) is 6.61 Å². The number of carbonyl (C=O) groups is 1. The number of hydrogen-bond acceptors (Lipinski definition) is 3. The second kappa shape index (κ2) is 12.2. The van der Waals surface area contributed by atoms with Gasteiger partial charge in [-0.25, -0.2) is 0 Å². The van der Waals surface area contributed by atoms with Gasteiger partial charge in [-0.05, 0) is 83.9 Å². The van der Waals surface area contributed by atoms with E-state index in [2.05, 4.69) is 123 Å². The van der Waals surface area contributed by atoms with Crippen LogP contribution in [0.2, 0.25) is 18.1 Å². The molecule has 1 N–H and O–H groups in total. The lowest BCUT2D eigenvalue weighted by atomic mass is 9.69. The van der Waals surface area contributed by atoms with Crippen molar-refractivity contribution in [2.45, 2.75) is 137 Å². The first kappa shape index (κ1) is 33.4. The number of benzene rings is 2. The Labute approximate surface area is 252 Å². The molecule has 4 nitrogen and oxygen atoms in total. The first-order chi connectivity index (χ1) is 18.9. The lowest BCUT2D eigenvalue weighted by Gasteiger charge is -2.54. The number of ether oxygens (including phenoxy) is 1. The standard InChI is InChI=1S/C36H57NO3Si/c1-13-36(14-2,28-17-15-27(25(3)21-28)16-20-32(38)34(5,6)7)29-18-19-31(26(4)22-29)40-24-30-23-33(39)37(30)41(11,12)35(8,9)10/h15,17-19,21-22,30,32,38H,13-14,16,20,23-24H2,1-12H3/t30?,32-/m1/s1. The van der Waals surface area contributed by atoms with Gasteiger partial charge in [0.25, 0.3) is 0 Å². The molecule has 1 heterocycles. The highest BCUT2D eigenvalue weighted by molar-refractivity contribution is 6.80. The van der Waals surface area contributed by atoms with Crippen LogP contribution in [0.25, 0.3) is 0 Å². The summed E-state index contributed by atoms with van der Waals surface area (Å²) in [5.74, 6) is 1.19. The summed E-state index contributed by atoms with van der Waals surface area (Å²) in [5.41, 5.74) is 6.27. The largest absolute Gasteiger partial charge is 0.491 e. The van der Waals surface area contributed by atoms with Crippen LogP contribution in [-0.4, -0.2) is 42.6 Å². The maximum atomic E-state index is 12.6. The lowest BCUT2D eigenvalue weighted by Crippen LogP contribution is -2.69. The third-order valence-electron chi connectivity index (χ3n) is 10.4. The topological polar surface area (TPSA) is 49.8 Å². The van der Waals surface area contributed by atoms with Crippen LogP contribution in [0, 0.1) is 19.3 Å². The zero-order chi connectivity index (χ0) is 31.0. The summed E-state index contributed by atoms with van der Waals surface area (Å²) in [6.07, 6.45) is 3.96. The van der Waals surface area contributed by atoms with E-state index >= 15 is 0 Å². The van der Waals surface area contributed by atoms with Crippen molar-refractivity contribution in [2.24, 2.45) is 5.41 Å². The highest BCUT2D eigenvalue weighted by Gasteiger charge is 2.52. The van der Waals surface area contributed by atoms with Gasteiger partial charge < -0.3 is 14.4 Å². The fraction of sp³-hybridized carbons (Fsp3) is 0.639. The molecule has 0 saturated carbocycles. The minimum Gasteiger partial charge on any atom is -0.491 e. The molecule has 1 amide bonds. The quantitative estimate of drug-likeness (QED) is 0.214. The van der Waals surface area contributed by atoms with E-state index in [-0.39, 0.29) is 33.9 Å². The van der Waals surface area contributed by atoms with Gasteiger partial charge in [0.05, 0.1) is 12.1 Å². The van der Waals surface area contributed by atoms with Crippen molar-refractivity contribution in [3.05, 3.63) is 64.2 Å². The molecule has 2 atom stereocenters. The van der Waals surface area contributed by atoms with Crippen LogP contribution in [-0.2, 0) is 16.6 Å². The summed E-state index contributed by atoms with van der Waals surface area (Å²) < 4.78 is 8.55. The van der Waals surface area contributed by atoms with Crippen molar-refractivity contribution < 1.29 is 14.6 Å². The first-order valence-electron chi connectivity index (χ1n) is 15.7. The Morgan fingerprint density at radius 3 is 1.98 bits per heavy atom. The third kappa shape index (κ3) is 6.77. The van der Waals surface area contributed by atoms with Crippen LogP contribution in [0.1, 0.15) is 109 Å². The molecule has 1 aliphatic heterocycles. The van der Waals surface area contributed by atoms with Crippen LogP contribution in [0.3, 0.4) is 0 Å². The van der Waals surface area contributed by atoms with Crippen LogP contribution in [0.4, 0.5) is 0 Å². The van der Waals surface area contributed by atoms with Gasteiger partial charge in [0.15, 0.2) is 8.24 Å². The summed E-state index contributed by atoms with van der Waals surface area (Å²) in [4.78, 5) is 12.6. The van der Waals surface area contributed by atoms with Gasteiger partial charge in [0.1, 0.15) is 12.4 Å². The van der Waals surface area contributed by atoms with Crippen LogP contribution in [0.15, 0.2) is 36.4 Å². The molecule has 0 spiro atoms. The zero-order valence-corrected chi connectivity index (χ0v) is 29.1. The number of aliphatic hydroxyl groups is 1. The summed E-state index contributed by atoms with van der Waals surface area (Å²) >= 11 is 0. The summed E-state index contributed by atoms with van der Waals surface area (Å²) in [6.45, 7) is 27.1. The van der Waals surface area contributed by atoms with E-state index in [9.17, 15) is 9.90 Å². The van der Waals surface area contributed by atoms with E-state index in [1.807, 2.05) is 0 Å². The van der Waals surface area contributed by atoms with Gasteiger partial charge in [-0.3, -0.25) is 4.79 Å². The van der Waals surface area contributed by atoms with Gasteiger partial charge in [-0.1, -0.05) is 98.8 Å². The minimum absolute atomic E-state index is 0.0724. The number of carbonyl (C=O) groups excluding carboxylic acids is 1. The predicted molar refractivity (Wildman–Crippen MR) is 175 cm³/mol. The minimum atomic E-state index is -1.92. The molecule has 3 rings (SSSR count). The smallest absolute Gasteiger partial charge is 0.217 e. The molecule has 1 aliphatic rings. The maximum absolute atomic E-state index is 12.6. The molecule has 1 saturated heterocycles. The normalized spacial score (nSPS) is 17.4. The Balaban J connectivity index is 1.79. The molecule has 0 aromatic heterocycles. The van der Waals surface area contributed by atoms with Gasteiger partial charge >= 0.3 is 0 Å². The molecule has 0 radical (unpaired) electrons. The number of β-lactam (4-membered cyclic amide) rings is 1. The van der Waals surface area contributed by atoms with E-state index in [4.69, 9.17) is 4.74 Å². The van der Waals surface area contributed by atoms with Crippen molar-refractivity contribution >= 4 is 14.1 Å². The number of aryl methyl sites for hydroxylation is 3. The zero-order valence-electron chi connectivity index (χ0n) is 28.1. The first-order valence-corrected chi connectivity index (χ1v) is 18.7. The van der Waals surface area contributed by atoms with Gasteiger partial charge in [-0.15, -0.1) is 0 Å². The fourth-order valence-corrected chi connectivity index (χ4v) is 8.79. The van der Waals surface area contributed by atoms with Crippen molar-refractivity contribution in [3.63, 3.8) is 0 Å². The fourth-order valence-electron chi connectivity index (χ4n) is 6.27. The Morgan fingerprint density at radius 2 is 1.51 bits per heavy atom. The highest BCUT2D eigenvalue weighted by Crippen LogP contribution is 2.44. The Bertz CT molecular complexity index is 1220. The van der Waals surface area contributed by atoms with E-state index < -0.39 is 8.24 Å². The Kier molecular flexibility index (Phi) is 9.97. The summed E-state index contributed by atoms with van der Waals surface area (Å²) in [7, 11) is -1.92. The monoisotopic (exact) mass is 579 g/mol. The Morgan fingerprint density at radius 1 is 0.951 bits per heavy atom. The van der Waals surface area contributed by atoms with Crippen molar-refractivity contribution in [1.82, 2.24) is 4.57 Å². The van der Waals surface area contributed by atoms with Gasteiger partial charge in [-0.2, -0.15) is 0 Å². The van der Waals surface area contributed by atoms with Gasteiger partial charge in [0.2, 0.25) is 5.91 Å². The van der Waals surface area contributed by atoms with Crippen molar-refractivity contribution in [3.8, 4) is 5.75 Å². The molecule has 2 aromatic rings. The van der Waals surface area contributed by atoms with Crippen molar-refractivity contribution in [1.29, 1.82) is 0 Å². The average molecular weight is 580 g/mol. The molecular weight excluding hydrogens is 522 g/mol. The number of aliphatic hydroxyl groups excluding tert-OH is 1. The van der Waals surface area contributed by atoms with Crippen LogP contribution >= 0.6 is 0 Å². The van der Waals surface area contributed by atoms with E-state index in [1.165, 1.54) is 22.3 Å². The molecule has 41 heavy (non-hydrogen) atoms. The maximum Gasteiger partial charge on any atom is 0.217 e. The number of hydrogen-bond donors (Lipinski definition) is 1. The van der Waals surface area contributed by atoms with E-state index in [0.717, 1.165) is 37.0 Å². The molecule has 5 heteroatoms. The Hall–Kier alpha value is -2.11. The lowest BCUT2D eigenvalue weighted by molar-refractivity contribution is -0.140. The molecular formula is C36H57NO3Si. The SMILES string of the molecule is CCC(CC)(c1ccc(CC[C@@H](O)C(C)(C)C)c(C)c1)c1ccc(OCC2CC(=O)N2[Si](C)(C)C(C)(C)C)c(C)c1. The van der Waals surface area contributed by atoms with E-state index in [0.29, 0.717) is 13.0 Å². The number of amides is 1. The molecule has 228 valence electrons. The van der Waals surface area contributed by atoms with Gasteiger partial charge in [0, 0.05) is 11.8 Å². The third-order valence-corrected chi connectivity index (χ3v) is 15.9. The number of nitrogens with zero attached hydrogens (tertiary/aromatic N) is 1. The molecule has 2 aromatic carbocycles. The predicted octanol–water partition coefficient (Wildman–Crippen LogP) is 8.73. The second-order valence-corrected chi connectivity index (χ2v) is 20.2. The average Bonchev–Trinajstić information content (AvgIpc) is 2.86. The molecule has 0 aliphatic carbocycles. The summed E-state index contributed by atoms with van der Waals surface area (Å²) in [6, 6.07) is 13.8. The van der Waals surface area contributed by atoms with Crippen LogP contribution in [0.5, 0.6) is 5.75 Å². The summed E-state index contributed by atoms with van der Waals surface area (Å²) in [5, 5.41) is 10.7.